The molecule has 28 heavy (non-hydrogen) atoms. The van der Waals surface area contributed by atoms with E-state index >= 15 is 0 Å². The van der Waals surface area contributed by atoms with Crippen LogP contribution in [0.25, 0.3) is 0 Å². The van der Waals surface area contributed by atoms with Crippen LogP contribution in [0.15, 0.2) is 53.6 Å². The highest BCUT2D eigenvalue weighted by Crippen LogP contribution is 2.37. The highest BCUT2D eigenvalue weighted by molar-refractivity contribution is 5.90. The van der Waals surface area contributed by atoms with Crippen molar-refractivity contribution in [2.45, 2.75) is 64.0 Å². The Morgan fingerprint density at radius 2 is 1.96 bits per heavy atom. The molecule has 4 nitrogen and oxygen atoms in total. The first-order valence-electron chi connectivity index (χ1n) is 10.6. The number of nitrogens with one attached hydrogen (secondary N) is 1. The molecule has 1 heterocycles. The van der Waals surface area contributed by atoms with Gasteiger partial charge in [0.1, 0.15) is 0 Å². The second kappa shape index (κ2) is 9.53. The lowest BCUT2D eigenvalue weighted by Crippen LogP contribution is -2.52. The summed E-state index contributed by atoms with van der Waals surface area (Å²) in [6.07, 6.45) is 9.99. The Morgan fingerprint density at radius 1 is 1.25 bits per heavy atom. The van der Waals surface area contributed by atoms with E-state index < -0.39 is 5.60 Å². The lowest BCUT2D eigenvalue weighted by atomic mass is 9.84. The first-order valence-corrected chi connectivity index (χ1v) is 10.6. The number of likely N-dealkylation sites (tertiary alicyclic amines) is 1. The third kappa shape index (κ3) is 4.92. The first-order chi connectivity index (χ1) is 13.5. The molecule has 1 fully saturated rings. The average molecular weight is 383 g/mol. The number of rotatable bonds is 7. The normalized spacial score (nSPS) is 20.3. The Kier molecular flexibility index (Phi) is 7.08. The maximum absolute atomic E-state index is 13.2. The molecule has 0 bridgehead atoms. The topological polar surface area (TPSA) is 52.6 Å². The predicted molar refractivity (Wildman–Crippen MR) is 114 cm³/mol. The minimum absolute atomic E-state index is 0.129. The van der Waals surface area contributed by atoms with Crippen LogP contribution in [0.3, 0.4) is 0 Å². The molecule has 1 aliphatic heterocycles. The van der Waals surface area contributed by atoms with E-state index in [-0.39, 0.29) is 11.9 Å². The quantitative estimate of drug-likeness (QED) is 0.703. The number of nitrogens with zero attached hydrogens (tertiary/aromatic N) is 1. The van der Waals surface area contributed by atoms with Crippen molar-refractivity contribution in [1.29, 1.82) is 0 Å². The monoisotopic (exact) mass is 382 g/mol. The van der Waals surface area contributed by atoms with E-state index in [4.69, 9.17) is 0 Å². The van der Waals surface area contributed by atoms with Crippen molar-refractivity contribution in [2.75, 3.05) is 19.6 Å². The molecule has 0 spiro atoms. The number of amides is 1. The number of aliphatic hydroxyl groups is 1. The van der Waals surface area contributed by atoms with Crippen molar-refractivity contribution >= 4 is 5.91 Å². The maximum Gasteiger partial charge on any atom is 0.261 e. The van der Waals surface area contributed by atoms with Crippen molar-refractivity contribution in [1.82, 2.24) is 10.2 Å². The fourth-order valence-electron chi connectivity index (χ4n) is 4.27. The van der Waals surface area contributed by atoms with E-state index in [9.17, 15) is 9.90 Å². The molecule has 0 saturated carbocycles. The molecule has 1 aliphatic carbocycles. The van der Waals surface area contributed by atoms with Gasteiger partial charge in [-0.15, -0.1) is 0 Å². The van der Waals surface area contributed by atoms with Gasteiger partial charge >= 0.3 is 0 Å². The van der Waals surface area contributed by atoms with Crippen molar-refractivity contribution in [3.8, 4) is 0 Å². The molecule has 1 saturated heterocycles. The summed E-state index contributed by atoms with van der Waals surface area (Å²) in [4.78, 5) is 15.7. The number of hydrogen-bond acceptors (Lipinski definition) is 3. The smallest absolute Gasteiger partial charge is 0.261 e. The van der Waals surface area contributed by atoms with Gasteiger partial charge in [-0.2, -0.15) is 0 Å². The number of hydrogen-bond donors (Lipinski definition) is 2. The second-order valence-corrected chi connectivity index (χ2v) is 8.36. The van der Waals surface area contributed by atoms with E-state index in [1.54, 1.807) is 0 Å². The summed E-state index contributed by atoms with van der Waals surface area (Å²) in [5.41, 5.74) is 1.33. The van der Waals surface area contributed by atoms with Crippen molar-refractivity contribution in [3.63, 3.8) is 0 Å². The second-order valence-electron chi connectivity index (χ2n) is 8.36. The molecule has 1 aromatic rings. The molecule has 1 unspecified atom stereocenters. The van der Waals surface area contributed by atoms with Gasteiger partial charge < -0.3 is 15.3 Å². The SMILES string of the molecule is CC(C)=CCCN1CCC(NC(=O)C(O)(C2=CCCC2)c2ccccc2)CC1. The van der Waals surface area contributed by atoms with E-state index in [2.05, 4.69) is 30.1 Å². The van der Waals surface area contributed by atoms with Crippen molar-refractivity contribution < 1.29 is 9.90 Å². The number of piperidine rings is 1. The van der Waals surface area contributed by atoms with E-state index in [0.717, 1.165) is 63.7 Å². The summed E-state index contributed by atoms with van der Waals surface area (Å²) in [6, 6.07) is 9.51. The molecule has 152 valence electrons. The molecule has 4 heteroatoms. The summed E-state index contributed by atoms with van der Waals surface area (Å²) in [6.45, 7) is 7.33. The highest BCUT2D eigenvalue weighted by Gasteiger charge is 2.43. The summed E-state index contributed by atoms with van der Waals surface area (Å²) < 4.78 is 0. The minimum Gasteiger partial charge on any atom is -0.372 e. The number of benzene rings is 1. The van der Waals surface area contributed by atoms with Crippen LogP contribution in [0.5, 0.6) is 0 Å². The van der Waals surface area contributed by atoms with Gasteiger partial charge in [0.15, 0.2) is 5.60 Å². The Morgan fingerprint density at radius 3 is 2.57 bits per heavy atom. The van der Waals surface area contributed by atoms with Crippen LogP contribution in [-0.4, -0.2) is 41.6 Å². The van der Waals surface area contributed by atoms with Gasteiger partial charge in [0, 0.05) is 25.7 Å². The largest absolute Gasteiger partial charge is 0.372 e. The third-order valence-electron chi connectivity index (χ3n) is 5.95. The van der Waals surface area contributed by atoms with E-state index in [0.29, 0.717) is 5.56 Å². The van der Waals surface area contributed by atoms with Crippen LogP contribution in [0.1, 0.15) is 57.9 Å². The third-order valence-corrected chi connectivity index (χ3v) is 5.95. The Bertz CT molecular complexity index is 713. The fourth-order valence-corrected chi connectivity index (χ4v) is 4.27. The van der Waals surface area contributed by atoms with E-state index in [1.165, 1.54) is 5.57 Å². The molecule has 0 aromatic heterocycles. The summed E-state index contributed by atoms with van der Waals surface area (Å²) in [7, 11) is 0. The number of carbonyl (C=O) groups excluding carboxylic acids is 1. The molecule has 2 N–H and O–H groups in total. The summed E-state index contributed by atoms with van der Waals surface area (Å²) in [5, 5.41) is 14.7. The van der Waals surface area contributed by atoms with Crippen LogP contribution in [-0.2, 0) is 10.4 Å². The molecule has 1 aromatic carbocycles. The van der Waals surface area contributed by atoms with Gasteiger partial charge in [-0.1, -0.05) is 48.1 Å². The van der Waals surface area contributed by atoms with Crippen LogP contribution in [0.4, 0.5) is 0 Å². The zero-order chi connectivity index (χ0) is 20.0. The molecule has 2 aliphatic rings. The number of carbonyl (C=O) groups is 1. The van der Waals surface area contributed by atoms with Crippen molar-refractivity contribution in [2.24, 2.45) is 0 Å². The van der Waals surface area contributed by atoms with Gasteiger partial charge in [0.25, 0.3) is 5.91 Å². The molecule has 1 atom stereocenters. The van der Waals surface area contributed by atoms with Crippen LogP contribution >= 0.6 is 0 Å². The Balaban J connectivity index is 1.62. The van der Waals surface area contributed by atoms with Gasteiger partial charge in [0.05, 0.1) is 0 Å². The zero-order valence-electron chi connectivity index (χ0n) is 17.3. The average Bonchev–Trinajstić information content (AvgIpc) is 3.24. The Labute approximate surface area is 169 Å². The highest BCUT2D eigenvalue weighted by atomic mass is 16.3. The van der Waals surface area contributed by atoms with Crippen molar-refractivity contribution in [3.05, 3.63) is 59.2 Å². The van der Waals surface area contributed by atoms with Crippen LogP contribution in [0.2, 0.25) is 0 Å². The van der Waals surface area contributed by atoms with Gasteiger partial charge in [-0.05, 0) is 63.5 Å². The lowest BCUT2D eigenvalue weighted by molar-refractivity contribution is -0.138. The Hall–Kier alpha value is -1.91. The maximum atomic E-state index is 13.2. The molecule has 3 rings (SSSR count). The van der Waals surface area contributed by atoms with Crippen LogP contribution in [0, 0.1) is 0 Å². The fraction of sp³-hybridized carbons (Fsp3) is 0.542. The predicted octanol–water partition coefficient (Wildman–Crippen LogP) is 3.92. The molecular weight excluding hydrogens is 348 g/mol. The first kappa shape index (κ1) is 20.8. The van der Waals surface area contributed by atoms with Gasteiger partial charge in [0.2, 0.25) is 0 Å². The lowest BCUT2D eigenvalue weighted by Gasteiger charge is -2.35. The number of allylic oxidation sites excluding steroid dienone is 2. The van der Waals surface area contributed by atoms with Gasteiger partial charge in [-0.3, -0.25) is 4.79 Å². The molecule has 1 amide bonds. The standard InChI is InChI=1S/C24H34N2O2/c1-19(2)9-8-16-26-17-14-22(15-18-26)25-23(27)24(28,21-12-6-7-13-21)20-10-4-3-5-11-20/h3-5,9-12,22,28H,6-8,13-18H2,1-2H3,(H,25,27). The van der Waals surface area contributed by atoms with Gasteiger partial charge in [-0.25, -0.2) is 0 Å². The molecule has 0 radical (unpaired) electrons. The summed E-state index contributed by atoms with van der Waals surface area (Å²) >= 11 is 0. The summed E-state index contributed by atoms with van der Waals surface area (Å²) in [5.74, 6) is -0.269. The molecular formula is C24H34N2O2. The van der Waals surface area contributed by atoms with E-state index in [1.807, 2.05) is 36.4 Å². The minimum atomic E-state index is -1.54. The van der Waals surface area contributed by atoms with Crippen LogP contribution < -0.4 is 5.32 Å². The zero-order valence-corrected chi connectivity index (χ0v) is 17.3.